The summed E-state index contributed by atoms with van der Waals surface area (Å²) in [5.74, 6) is 2.05. The molecule has 1 saturated carbocycles. The number of aromatic nitrogens is 2. The summed E-state index contributed by atoms with van der Waals surface area (Å²) in [7, 11) is 0. The molecule has 0 unspecified atom stereocenters. The third kappa shape index (κ3) is 4.83. The van der Waals surface area contributed by atoms with E-state index >= 15 is 0 Å². The van der Waals surface area contributed by atoms with Gasteiger partial charge in [-0.3, -0.25) is 4.79 Å². The van der Waals surface area contributed by atoms with E-state index in [4.69, 9.17) is 4.98 Å². The highest BCUT2D eigenvalue weighted by Gasteiger charge is 2.15. The van der Waals surface area contributed by atoms with Gasteiger partial charge in [0.15, 0.2) is 0 Å². The number of imidazole rings is 1. The molecule has 2 aromatic rings. The van der Waals surface area contributed by atoms with Crippen LogP contribution in [0.5, 0.6) is 0 Å². The largest absolute Gasteiger partial charge is 0.356 e. The maximum absolute atomic E-state index is 12.1. The Morgan fingerprint density at radius 3 is 2.84 bits per heavy atom. The molecule has 1 amide bonds. The van der Waals surface area contributed by atoms with E-state index in [1.807, 2.05) is 6.07 Å². The predicted octanol–water partition coefficient (Wildman–Crippen LogP) is 4.47. The van der Waals surface area contributed by atoms with Crippen LogP contribution in [0.15, 0.2) is 24.3 Å². The third-order valence-corrected chi connectivity index (χ3v) is 5.36. The number of carbonyl (C=O) groups excluding carboxylic acids is 1. The van der Waals surface area contributed by atoms with Crippen LogP contribution >= 0.6 is 0 Å². The van der Waals surface area contributed by atoms with Gasteiger partial charge in [0.1, 0.15) is 5.82 Å². The van der Waals surface area contributed by atoms with Gasteiger partial charge in [0.25, 0.3) is 0 Å². The molecule has 1 aromatic carbocycles. The van der Waals surface area contributed by atoms with Gasteiger partial charge in [0, 0.05) is 25.9 Å². The van der Waals surface area contributed by atoms with Gasteiger partial charge < -0.3 is 9.88 Å². The van der Waals surface area contributed by atoms with Crippen LogP contribution in [0.1, 0.15) is 64.1 Å². The van der Waals surface area contributed by atoms with Crippen LogP contribution in [-0.2, 0) is 17.8 Å². The molecular formula is C21H31N3O. The molecule has 3 rings (SSSR count). The molecule has 0 saturated heterocycles. The van der Waals surface area contributed by atoms with Crippen LogP contribution < -0.4 is 5.32 Å². The van der Waals surface area contributed by atoms with Gasteiger partial charge in [-0.1, -0.05) is 51.2 Å². The lowest BCUT2D eigenvalue weighted by atomic mass is 9.86. The molecule has 1 aliphatic rings. The van der Waals surface area contributed by atoms with Gasteiger partial charge >= 0.3 is 0 Å². The van der Waals surface area contributed by atoms with Crippen molar-refractivity contribution in [1.82, 2.24) is 14.9 Å². The summed E-state index contributed by atoms with van der Waals surface area (Å²) in [6.07, 6.45) is 10.3. The van der Waals surface area contributed by atoms with E-state index in [-0.39, 0.29) is 5.91 Å². The van der Waals surface area contributed by atoms with Gasteiger partial charge in [-0.25, -0.2) is 4.98 Å². The number of benzene rings is 1. The predicted molar refractivity (Wildman–Crippen MR) is 103 cm³/mol. The van der Waals surface area contributed by atoms with Gasteiger partial charge in [-0.05, 0) is 30.9 Å². The van der Waals surface area contributed by atoms with Crippen molar-refractivity contribution < 1.29 is 4.79 Å². The number of carbonyl (C=O) groups is 1. The smallest absolute Gasteiger partial charge is 0.220 e. The number of amides is 1. The van der Waals surface area contributed by atoms with Gasteiger partial charge in [0.2, 0.25) is 5.91 Å². The molecule has 1 N–H and O–H groups in total. The summed E-state index contributed by atoms with van der Waals surface area (Å²) in [4.78, 5) is 16.9. The van der Waals surface area contributed by atoms with Crippen molar-refractivity contribution in [2.45, 2.75) is 71.3 Å². The molecule has 1 fully saturated rings. The first kappa shape index (κ1) is 18.0. The molecule has 0 atom stereocenters. The van der Waals surface area contributed by atoms with Crippen molar-refractivity contribution >= 4 is 16.9 Å². The molecule has 0 bridgehead atoms. The Morgan fingerprint density at radius 2 is 2.04 bits per heavy atom. The van der Waals surface area contributed by atoms with Crippen LogP contribution in [-0.4, -0.2) is 22.0 Å². The number of aryl methyl sites for hydroxylation is 1. The molecular weight excluding hydrogens is 310 g/mol. The van der Waals surface area contributed by atoms with E-state index in [2.05, 4.69) is 35.0 Å². The summed E-state index contributed by atoms with van der Waals surface area (Å²) in [5, 5.41) is 3.09. The van der Waals surface area contributed by atoms with Crippen LogP contribution in [0.2, 0.25) is 0 Å². The van der Waals surface area contributed by atoms with Crippen LogP contribution in [0.4, 0.5) is 0 Å². The summed E-state index contributed by atoms with van der Waals surface area (Å²) in [6.45, 7) is 3.84. The van der Waals surface area contributed by atoms with Crippen molar-refractivity contribution in [2.75, 3.05) is 6.54 Å². The zero-order valence-corrected chi connectivity index (χ0v) is 15.5. The Balaban J connectivity index is 1.48. The Labute approximate surface area is 151 Å². The quantitative estimate of drug-likeness (QED) is 0.770. The number of fused-ring (bicyclic) bond motifs is 1. The fraction of sp³-hybridized carbons (Fsp3) is 0.619. The van der Waals surface area contributed by atoms with Crippen molar-refractivity contribution in [2.24, 2.45) is 5.92 Å². The van der Waals surface area contributed by atoms with Gasteiger partial charge in [-0.15, -0.1) is 0 Å². The van der Waals surface area contributed by atoms with Crippen LogP contribution in [0, 0.1) is 5.92 Å². The van der Waals surface area contributed by atoms with E-state index in [0.717, 1.165) is 43.1 Å². The minimum Gasteiger partial charge on any atom is -0.356 e. The molecule has 1 heterocycles. The maximum Gasteiger partial charge on any atom is 0.220 e. The average molecular weight is 341 g/mol. The third-order valence-electron chi connectivity index (χ3n) is 5.36. The topological polar surface area (TPSA) is 46.9 Å². The summed E-state index contributed by atoms with van der Waals surface area (Å²) < 4.78 is 2.30. The average Bonchev–Trinajstić information content (AvgIpc) is 2.99. The number of hydrogen-bond donors (Lipinski definition) is 1. The van der Waals surface area contributed by atoms with Crippen LogP contribution in [0.25, 0.3) is 11.0 Å². The molecule has 4 heteroatoms. The minimum atomic E-state index is 0.198. The SMILES string of the molecule is CCCn1c(CCNC(=O)CCC2CCCCC2)nc2ccccc21. The normalized spacial score (nSPS) is 15.6. The number of hydrogen-bond acceptors (Lipinski definition) is 2. The van der Waals surface area contributed by atoms with E-state index in [1.165, 1.54) is 37.6 Å². The van der Waals surface area contributed by atoms with E-state index < -0.39 is 0 Å². The molecule has 0 radical (unpaired) electrons. The summed E-state index contributed by atoms with van der Waals surface area (Å²) in [5.41, 5.74) is 2.25. The number of rotatable bonds is 8. The lowest BCUT2D eigenvalue weighted by molar-refractivity contribution is -0.121. The zero-order valence-electron chi connectivity index (χ0n) is 15.5. The Morgan fingerprint density at radius 1 is 1.24 bits per heavy atom. The van der Waals surface area contributed by atoms with Crippen molar-refractivity contribution in [3.8, 4) is 0 Å². The van der Waals surface area contributed by atoms with Gasteiger partial charge in [0.05, 0.1) is 11.0 Å². The number of nitrogens with one attached hydrogen (secondary N) is 1. The molecule has 4 nitrogen and oxygen atoms in total. The van der Waals surface area contributed by atoms with E-state index in [0.29, 0.717) is 13.0 Å². The summed E-state index contributed by atoms with van der Waals surface area (Å²) >= 11 is 0. The molecule has 1 aromatic heterocycles. The maximum atomic E-state index is 12.1. The molecule has 136 valence electrons. The standard InChI is InChI=1S/C21H31N3O/c1-2-16-24-19-11-7-6-10-18(19)23-20(24)14-15-22-21(25)13-12-17-8-4-3-5-9-17/h6-7,10-11,17H,2-5,8-9,12-16H2,1H3,(H,22,25). The first-order chi connectivity index (χ1) is 12.3. The Hall–Kier alpha value is -1.84. The minimum absolute atomic E-state index is 0.198. The second kappa shape index (κ2) is 9.02. The number of nitrogens with zero attached hydrogens (tertiary/aromatic N) is 2. The van der Waals surface area contributed by atoms with E-state index in [1.54, 1.807) is 0 Å². The second-order valence-corrected chi connectivity index (χ2v) is 7.31. The fourth-order valence-corrected chi connectivity index (χ4v) is 4.00. The van der Waals surface area contributed by atoms with E-state index in [9.17, 15) is 4.79 Å². The fourth-order valence-electron chi connectivity index (χ4n) is 4.00. The first-order valence-electron chi connectivity index (χ1n) is 9.98. The highest BCUT2D eigenvalue weighted by atomic mass is 16.1. The lowest BCUT2D eigenvalue weighted by Crippen LogP contribution is -2.27. The Bertz CT molecular complexity index is 686. The van der Waals surface area contributed by atoms with Crippen molar-refractivity contribution in [3.63, 3.8) is 0 Å². The molecule has 1 aliphatic carbocycles. The summed E-state index contributed by atoms with van der Waals surface area (Å²) in [6, 6.07) is 8.29. The monoisotopic (exact) mass is 341 g/mol. The second-order valence-electron chi connectivity index (χ2n) is 7.31. The number of para-hydroxylation sites is 2. The highest BCUT2D eigenvalue weighted by molar-refractivity contribution is 5.76. The van der Waals surface area contributed by atoms with Crippen LogP contribution in [0.3, 0.4) is 0 Å². The molecule has 0 aliphatic heterocycles. The van der Waals surface area contributed by atoms with Crippen molar-refractivity contribution in [3.05, 3.63) is 30.1 Å². The first-order valence-corrected chi connectivity index (χ1v) is 9.98. The molecule has 0 spiro atoms. The lowest BCUT2D eigenvalue weighted by Gasteiger charge is -2.20. The highest BCUT2D eigenvalue weighted by Crippen LogP contribution is 2.27. The molecule has 25 heavy (non-hydrogen) atoms. The van der Waals surface area contributed by atoms with Gasteiger partial charge in [-0.2, -0.15) is 0 Å². The zero-order chi connectivity index (χ0) is 17.5. The van der Waals surface area contributed by atoms with Crippen molar-refractivity contribution in [1.29, 1.82) is 0 Å². The Kier molecular flexibility index (Phi) is 6.48.